The number of H-pyrrole nitrogens is 1. The minimum atomic E-state index is -0.699. The molecule has 98 valence electrons. The predicted octanol–water partition coefficient (Wildman–Crippen LogP) is 0.804. The number of ether oxygens (including phenoxy) is 1. The summed E-state index contributed by atoms with van der Waals surface area (Å²) in [5, 5.41) is 0.224. The molecule has 0 spiro atoms. The third kappa shape index (κ3) is 2.33. The number of nitrogens with two attached hydrogens (primary N) is 1. The highest BCUT2D eigenvalue weighted by Crippen LogP contribution is 2.11. The van der Waals surface area contributed by atoms with Crippen LogP contribution in [0.4, 0.5) is 0 Å². The van der Waals surface area contributed by atoms with Gasteiger partial charge in [-0.25, -0.2) is 4.79 Å². The Hall–Kier alpha value is -2.63. The average molecular weight is 260 g/mol. The van der Waals surface area contributed by atoms with Gasteiger partial charge in [-0.05, 0) is 25.1 Å². The van der Waals surface area contributed by atoms with Gasteiger partial charge in [0, 0.05) is 22.7 Å². The van der Waals surface area contributed by atoms with Gasteiger partial charge in [-0.1, -0.05) is 0 Å². The zero-order valence-electron chi connectivity index (χ0n) is 10.2. The molecule has 1 aromatic heterocycles. The Morgan fingerprint density at radius 1 is 1.37 bits per heavy atom. The maximum Gasteiger partial charge on any atom is 0.343 e. The molecule has 6 nitrogen and oxygen atoms in total. The van der Waals surface area contributed by atoms with Crippen LogP contribution in [0, 0.1) is 0 Å². The summed E-state index contributed by atoms with van der Waals surface area (Å²) in [4.78, 5) is 37.6. The van der Waals surface area contributed by atoms with Crippen LogP contribution in [0.25, 0.3) is 10.9 Å². The fourth-order valence-electron chi connectivity index (χ4n) is 1.73. The molecule has 19 heavy (non-hydrogen) atoms. The van der Waals surface area contributed by atoms with Crippen molar-refractivity contribution >= 4 is 22.8 Å². The number of nitrogens with one attached hydrogen (secondary N) is 1. The lowest BCUT2D eigenvalue weighted by Gasteiger charge is -2.04. The van der Waals surface area contributed by atoms with Gasteiger partial charge in [-0.2, -0.15) is 0 Å². The van der Waals surface area contributed by atoms with Crippen molar-refractivity contribution in [2.75, 3.05) is 6.61 Å². The van der Waals surface area contributed by atoms with E-state index in [-0.39, 0.29) is 23.1 Å². The molecule has 0 saturated carbocycles. The molecule has 1 amide bonds. The number of primary amides is 1. The number of fused-ring (bicyclic) bond motifs is 1. The van der Waals surface area contributed by atoms with Gasteiger partial charge in [0.05, 0.1) is 6.61 Å². The molecule has 0 unspecified atom stereocenters. The smallest absolute Gasteiger partial charge is 0.343 e. The van der Waals surface area contributed by atoms with Gasteiger partial charge in [0.2, 0.25) is 11.3 Å². The molecule has 0 bridgehead atoms. The van der Waals surface area contributed by atoms with E-state index in [0.29, 0.717) is 5.52 Å². The molecule has 0 saturated heterocycles. The fraction of sp³-hybridized carbons (Fsp3) is 0.154. The van der Waals surface area contributed by atoms with Crippen molar-refractivity contribution in [3.05, 3.63) is 45.7 Å². The van der Waals surface area contributed by atoms with E-state index >= 15 is 0 Å². The Morgan fingerprint density at radius 3 is 2.74 bits per heavy atom. The number of carbonyl (C=O) groups excluding carboxylic acids is 2. The molecule has 6 heteroatoms. The van der Waals surface area contributed by atoms with Crippen molar-refractivity contribution in [2.45, 2.75) is 6.92 Å². The van der Waals surface area contributed by atoms with Crippen LogP contribution in [0.3, 0.4) is 0 Å². The van der Waals surface area contributed by atoms with Gasteiger partial charge < -0.3 is 15.5 Å². The molecule has 3 N–H and O–H groups in total. The summed E-state index contributed by atoms with van der Waals surface area (Å²) in [5.74, 6) is -1.34. The summed E-state index contributed by atoms with van der Waals surface area (Å²) in [6.07, 6.45) is 1.30. The molecule has 0 radical (unpaired) electrons. The van der Waals surface area contributed by atoms with E-state index in [1.54, 1.807) is 13.0 Å². The normalized spacial score (nSPS) is 10.4. The fourth-order valence-corrected chi connectivity index (χ4v) is 1.73. The number of benzene rings is 1. The quantitative estimate of drug-likeness (QED) is 0.797. The first-order chi connectivity index (χ1) is 9.04. The number of hydrogen-bond acceptors (Lipinski definition) is 4. The van der Waals surface area contributed by atoms with Crippen LogP contribution < -0.4 is 11.2 Å². The molecular formula is C13H12N2O4. The van der Waals surface area contributed by atoms with Gasteiger partial charge in [0.25, 0.3) is 0 Å². The van der Waals surface area contributed by atoms with Crippen molar-refractivity contribution in [3.63, 3.8) is 0 Å². The second-order valence-electron chi connectivity index (χ2n) is 3.88. The number of pyridine rings is 1. The zero-order chi connectivity index (χ0) is 14.0. The van der Waals surface area contributed by atoms with Crippen LogP contribution in [-0.2, 0) is 4.74 Å². The highest BCUT2D eigenvalue weighted by atomic mass is 16.5. The van der Waals surface area contributed by atoms with E-state index in [1.807, 2.05) is 0 Å². The first-order valence-corrected chi connectivity index (χ1v) is 5.67. The van der Waals surface area contributed by atoms with Crippen LogP contribution in [0.5, 0.6) is 0 Å². The number of esters is 1. The van der Waals surface area contributed by atoms with E-state index in [0.717, 1.165) is 0 Å². The molecule has 0 fully saturated rings. The van der Waals surface area contributed by atoms with E-state index in [4.69, 9.17) is 10.5 Å². The van der Waals surface area contributed by atoms with E-state index in [1.165, 1.54) is 18.3 Å². The first-order valence-electron chi connectivity index (χ1n) is 5.67. The highest BCUT2D eigenvalue weighted by Gasteiger charge is 2.14. The monoisotopic (exact) mass is 260 g/mol. The second kappa shape index (κ2) is 4.93. The standard InChI is InChI=1S/C13H12N2O4/c1-2-19-13(18)9-6-15-10-4-3-7(12(14)17)5-8(10)11(9)16/h3-6H,2H2,1H3,(H2,14,17)(H,15,16). The number of aromatic nitrogens is 1. The van der Waals surface area contributed by atoms with Gasteiger partial charge in [0.15, 0.2) is 0 Å². The van der Waals surface area contributed by atoms with Crippen LogP contribution in [-0.4, -0.2) is 23.5 Å². The van der Waals surface area contributed by atoms with Gasteiger partial charge in [-0.3, -0.25) is 9.59 Å². The van der Waals surface area contributed by atoms with Crippen molar-refractivity contribution in [1.82, 2.24) is 4.98 Å². The van der Waals surface area contributed by atoms with E-state index in [2.05, 4.69) is 4.98 Å². The Bertz CT molecular complexity index is 718. The topological polar surface area (TPSA) is 102 Å². The largest absolute Gasteiger partial charge is 0.462 e. The first kappa shape index (κ1) is 12.8. The van der Waals surface area contributed by atoms with Crippen molar-refractivity contribution < 1.29 is 14.3 Å². The Kier molecular flexibility index (Phi) is 3.33. The SMILES string of the molecule is CCOC(=O)c1c[nH]c2ccc(C(N)=O)cc2c1=O. The van der Waals surface area contributed by atoms with Gasteiger partial charge >= 0.3 is 5.97 Å². The molecule has 2 aromatic rings. The molecule has 1 aromatic carbocycles. The molecular weight excluding hydrogens is 248 g/mol. The average Bonchev–Trinajstić information content (AvgIpc) is 2.39. The van der Waals surface area contributed by atoms with Crippen LogP contribution >= 0.6 is 0 Å². The van der Waals surface area contributed by atoms with Gasteiger partial charge in [-0.15, -0.1) is 0 Å². The van der Waals surface area contributed by atoms with Crippen molar-refractivity contribution in [2.24, 2.45) is 5.73 Å². The Balaban J connectivity index is 2.65. The zero-order valence-corrected chi connectivity index (χ0v) is 10.2. The third-order valence-corrected chi connectivity index (χ3v) is 2.66. The highest BCUT2D eigenvalue weighted by molar-refractivity contribution is 5.98. The lowest BCUT2D eigenvalue weighted by molar-refractivity contribution is 0.0524. The number of hydrogen-bond donors (Lipinski definition) is 2. The molecule has 0 aliphatic rings. The van der Waals surface area contributed by atoms with Crippen LogP contribution in [0.2, 0.25) is 0 Å². The van der Waals surface area contributed by atoms with E-state index in [9.17, 15) is 14.4 Å². The summed E-state index contributed by atoms with van der Waals surface area (Å²) >= 11 is 0. The summed E-state index contributed by atoms with van der Waals surface area (Å²) in [7, 11) is 0. The maximum atomic E-state index is 12.1. The summed E-state index contributed by atoms with van der Waals surface area (Å²) in [5.41, 5.74) is 5.29. The maximum absolute atomic E-state index is 12.1. The van der Waals surface area contributed by atoms with Crippen molar-refractivity contribution in [3.8, 4) is 0 Å². The molecule has 1 heterocycles. The lowest BCUT2D eigenvalue weighted by Crippen LogP contribution is -2.19. The summed E-state index contributed by atoms with van der Waals surface area (Å²) < 4.78 is 4.78. The summed E-state index contributed by atoms with van der Waals surface area (Å²) in [6, 6.07) is 4.43. The molecule has 0 atom stereocenters. The molecule has 0 aliphatic heterocycles. The number of amides is 1. The van der Waals surface area contributed by atoms with Gasteiger partial charge in [0.1, 0.15) is 5.56 Å². The predicted molar refractivity (Wildman–Crippen MR) is 69.0 cm³/mol. The number of rotatable bonds is 3. The van der Waals surface area contributed by atoms with Crippen LogP contribution in [0.15, 0.2) is 29.2 Å². The van der Waals surface area contributed by atoms with E-state index < -0.39 is 17.3 Å². The minimum absolute atomic E-state index is 0.101. The molecule has 0 aliphatic carbocycles. The Morgan fingerprint density at radius 2 is 2.11 bits per heavy atom. The third-order valence-electron chi connectivity index (χ3n) is 2.66. The Labute approximate surface area is 108 Å². The molecule has 2 rings (SSSR count). The second-order valence-corrected chi connectivity index (χ2v) is 3.88. The van der Waals surface area contributed by atoms with Crippen LogP contribution in [0.1, 0.15) is 27.6 Å². The minimum Gasteiger partial charge on any atom is -0.462 e. The number of aromatic amines is 1. The number of carbonyl (C=O) groups is 2. The van der Waals surface area contributed by atoms with Crippen molar-refractivity contribution in [1.29, 1.82) is 0 Å². The lowest BCUT2D eigenvalue weighted by atomic mass is 10.1. The summed E-state index contributed by atoms with van der Waals surface area (Å²) in [6.45, 7) is 1.83.